The Bertz CT molecular complexity index is 471. The van der Waals surface area contributed by atoms with Crippen molar-refractivity contribution < 1.29 is 4.74 Å². The van der Waals surface area contributed by atoms with E-state index in [0.717, 1.165) is 25.2 Å². The molecule has 0 atom stereocenters. The van der Waals surface area contributed by atoms with Gasteiger partial charge < -0.3 is 4.74 Å². The van der Waals surface area contributed by atoms with Crippen molar-refractivity contribution in [1.82, 2.24) is 4.90 Å². The smallest absolute Gasteiger partial charge is 0.136 e. The van der Waals surface area contributed by atoms with Crippen LogP contribution in [0.1, 0.15) is 24.5 Å². The van der Waals surface area contributed by atoms with E-state index in [1.165, 1.54) is 0 Å². The second-order valence-electron chi connectivity index (χ2n) is 3.92. The summed E-state index contributed by atoms with van der Waals surface area (Å²) in [5, 5.41) is 17.5. The van der Waals surface area contributed by atoms with Crippen molar-refractivity contribution in [2.75, 3.05) is 20.2 Å². The number of hydrogen-bond donors (Lipinski definition) is 0. The molecule has 0 heterocycles. The van der Waals surface area contributed by atoms with E-state index in [1.807, 2.05) is 12.1 Å². The Balaban J connectivity index is 2.78. The minimum Gasteiger partial charge on any atom is -0.495 e. The Hall–Kier alpha value is -2.04. The van der Waals surface area contributed by atoms with Crippen LogP contribution < -0.4 is 4.74 Å². The molecule has 0 aliphatic rings. The van der Waals surface area contributed by atoms with Gasteiger partial charge in [-0.1, -0.05) is 13.0 Å². The fraction of sp³-hybridized carbons (Fsp3) is 0.429. The average Bonchev–Trinajstić information content (AvgIpc) is 2.43. The van der Waals surface area contributed by atoms with Crippen molar-refractivity contribution in [2.45, 2.75) is 19.9 Å². The molecule has 4 heteroatoms. The molecule has 0 fully saturated rings. The number of rotatable bonds is 6. The molecule has 0 radical (unpaired) electrons. The minimum atomic E-state index is 0.529. The number of hydrogen-bond acceptors (Lipinski definition) is 4. The first-order chi connectivity index (χ1) is 8.74. The molecule has 0 amide bonds. The molecule has 0 saturated carbocycles. The number of methoxy groups -OCH3 is 1. The Labute approximate surface area is 108 Å². The first kappa shape index (κ1) is 14.0. The molecule has 0 spiro atoms. The van der Waals surface area contributed by atoms with E-state index in [-0.39, 0.29) is 0 Å². The van der Waals surface area contributed by atoms with Crippen molar-refractivity contribution in [3.63, 3.8) is 0 Å². The van der Waals surface area contributed by atoms with Crippen LogP contribution in [0.4, 0.5) is 0 Å². The first-order valence-corrected chi connectivity index (χ1v) is 5.91. The van der Waals surface area contributed by atoms with Crippen LogP contribution in [0.25, 0.3) is 0 Å². The topological polar surface area (TPSA) is 60.0 Å². The van der Waals surface area contributed by atoms with Crippen molar-refractivity contribution >= 4 is 0 Å². The quantitative estimate of drug-likeness (QED) is 0.769. The molecule has 94 valence electrons. The minimum absolute atomic E-state index is 0.529. The summed E-state index contributed by atoms with van der Waals surface area (Å²) < 4.78 is 5.18. The van der Waals surface area contributed by atoms with Gasteiger partial charge >= 0.3 is 0 Å². The predicted octanol–water partition coefficient (Wildman–Crippen LogP) is 2.30. The fourth-order valence-electron chi connectivity index (χ4n) is 1.74. The maximum absolute atomic E-state index is 8.91. The van der Waals surface area contributed by atoms with Gasteiger partial charge in [0.15, 0.2) is 0 Å². The van der Waals surface area contributed by atoms with Crippen LogP contribution in [0.2, 0.25) is 0 Å². The Morgan fingerprint density at radius 1 is 1.33 bits per heavy atom. The van der Waals surface area contributed by atoms with Gasteiger partial charge in [0.2, 0.25) is 0 Å². The van der Waals surface area contributed by atoms with Crippen LogP contribution in [-0.4, -0.2) is 25.1 Å². The van der Waals surface area contributed by atoms with E-state index < -0.39 is 0 Å². The lowest BCUT2D eigenvalue weighted by Gasteiger charge is -2.19. The van der Waals surface area contributed by atoms with Gasteiger partial charge in [0.1, 0.15) is 11.8 Å². The molecule has 0 N–H and O–H groups in total. The molecule has 0 aliphatic carbocycles. The summed E-state index contributed by atoms with van der Waals surface area (Å²) in [6.07, 6.45) is 0.529. The third kappa shape index (κ3) is 3.76. The van der Waals surface area contributed by atoms with E-state index in [2.05, 4.69) is 24.0 Å². The summed E-state index contributed by atoms with van der Waals surface area (Å²) in [6, 6.07) is 9.82. The second kappa shape index (κ2) is 7.32. The molecule has 0 aromatic heterocycles. The normalized spacial score (nSPS) is 9.83. The molecule has 1 aromatic rings. The van der Waals surface area contributed by atoms with E-state index in [4.69, 9.17) is 15.3 Å². The Morgan fingerprint density at radius 2 is 2.11 bits per heavy atom. The third-order valence-electron chi connectivity index (χ3n) is 2.78. The van der Waals surface area contributed by atoms with E-state index >= 15 is 0 Å². The van der Waals surface area contributed by atoms with Crippen molar-refractivity contribution in [2.24, 2.45) is 0 Å². The highest BCUT2D eigenvalue weighted by Gasteiger charge is 2.07. The molecule has 18 heavy (non-hydrogen) atoms. The summed E-state index contributed by atoms with van der Waals surface area (Å²) in [5.74, 6) is 0.603. The SMILES string of the molecule is CCN(CCC#N)Cc1ccc(C#N)c(OC)c1. The number of nitriles is 2. The van der Waals surface area contributed by atoms with Gasteiger partial charge in [0.05, 0.1) is 18.7 Å². The van der Waals surface area contributed by atoms with Gasteiger partial charge in [-0.05, 0) is 24.2 Å². The molecule has 0 saturated heterocycles. The van der Waals surface area contributed by atoms with E-state index in [1.54, 1.807) is 13.2 Å². The summed E-state index contributed by atoms with van der Waals surface area (Å²) in [6.45, 7) is 4.48. The highest BCUT2D eigenvalue weighted by molar-refractivity contribution is 5.45. The van der Waals surface area contributed by atoms with Gasteiger partial charge in [-0.25, -0.2) is 0 Å². The van der Waals surface area contributed by atoms with Gasteiger partial charge in [-0.15, -0.1) is 0 Å². The largest absolute Gasteiger partial charge is 0.495 e. The third-order valence-corrected chi connectivity index (χ3v) is 2.78. The zero-order valence-electron chi connectivity index (χ0n) is 10.8. The average molecular weight is 243 g/mol. The van der Waals surface area contributed by atoms with Gasteiger partial charge in [0, 0.05) is 19.5 Å². The monoisotopic (exact) mass is 243 g/mol. The van der Waals surface area contributed by atoms with Crippen LogP contribution in [0.5, 0.6) is 5.75 Å². The molecule has 0 aliphatic heterocycles. The summed E-state index contributed by atoms with van der Waals surface area (Å²) >= 11 is 0. The predicted molar refractivity (Wildman–Crippen MR) is 68.9 cm³/mol. The standard InChI is InChI=1S/C14H17N3O/c1-3-17(8-4-7-15)11-12-5-6-13(10-16)14(9-12)18-2/h5-6,9H,3-4,8,11H2,1-2H3. The lowest BCUT2D eigenvalue weighted by atomic mass is 10.1. The van der Waals surface area contributed by atoms with Crippen LogP contribution in [0.15, 0.2) is 18.2 Å². The van der Waals surface area contributed by atoms with Crippen molar-refractivity contribution in [1.29, 1.82) is 10.5 Å². The van der Waals surface area contributed by atoms with Crippen molar-refractivity contribution in [3.8, 4) is 17.9 Å². The lowest BCUT2D eigenvalue weighted by molar-refractivity contribution is 0.286. The molecular formula is C14H17N3O. The maximum atomic E-state index is 8.91. The zero-order valence-corrected chi connectivity index (χ0v) is 10.8. The summed E-state index contributed by atoms with van der Waals surface area (Å²) in [7, 11) is 1.56. The number of benzene rings is 1. The van der Waals surface area contributed by atoms with Crippen LogP contribution in [-0.2, 0) is 6.54 Å². The highest BCUT2D eigenvalue weighted by atomic mass is 16.5. The lowest BCUT2D eigenvalue weighted by Crippen LogP contribution is -2.23. The molecule has 1 aromatic carbocycles. The van der Waals surface area contributed by atoms with Gasteiger partial charge in [0.25, 0.3) is 0 Å². The maximum Gasteiger partial charge on any atom is 0.136 e. The van der Waals surface area contributed by atoms with Crippen LogP contribution >= 0.6 is 0 Å². The number of nitrogens with zero attached hydrogens (tertiary/aromatic N) is 3. The van der Waals surface area contributed by atoms with E-state index in [0.29, 0.717) is 17.7 Å². The van der Waals surface area contributed by atoms with Crippen LogP contribution in [0, 0.1) is 22.7 Å². The van der Waals surface area contributed by atoms with Gasteiger partial charge in [-0.3, -0.25) is 4.90 Å². The Kier molecular flexibility index (Phi) is 5.70. The zero-order chi connectivity index (χ0) is 13.4. The fourth-order valence-corrected chi connectivity index (χ4v) is 1.74. The first-order valence-electron chi connectivity index (χ1n) is 5.91. The molecule has 4 nitrogen and oxygen atoms in total. The van der Waals surface area contributed by atoms with Crippen LogP contribution in [0.3, 0.4) is 0 Å². The molecule has 1 rings (SSSR count). The summed E-state index contributed by atoms with van der Waals surface area (Å²) in [5.41, 5.74) is 1.63. The number of ether oxygens (including phenoxy) is 1. The molecule has 0 unspecified atom stereocenters. The second-order valence-corrected chi connectivity index (χ2v) is 3.92. The molecule has 0 bridgehead atoms. The van der Waals surface area contributed by atoms with Gasteiger partial charge in [-0.2, -0.15) is 10.5 Å². The highest BCUT2D eigenvalue weighted by Crippen LogP contribution is 2.20. The Morgan fingerprint density at radius 3 is 2.67 bits per heavy atom. The van der Waals surface area contributed by atoms with E-state index in [9.17, 15) is 0 Å². The van der Waals surface area contributed by atoms with Crippen molar-refractivity contribution in [3.05, 3.63) is 29.3 Å². The summed E-state index contributed by atoms with van der Waals surface area (Å²) in [4.78, 5) is 2.18. The molecular weight excluding hydrogens is 226 g/mol.